The zero-order chi connectivity index (χ0) is 12.4. The number of aromatic nitrogens is 2. The highest BCUT2D eigenvalue weighted by atomic mass is 15.4. The third kappa shape index (κ3) is 2.32. The van der Waals surface area contributed by atoms with E-state index in [2.05, 4.69) is 16.9 Å². The van der Waals surface area contributed by atoms with Crippen LogP contribution in [0.4, 0.5) is 5.82 Å². The maximum absolute atomic E-state index is 5.85. The molecule has 1 saturated heterocycles. The third-order valence-electron chi connectivity index (χ3n) is 3.80. The molecular weight excluding hydrogens is 212 g/mol. The van der Waals surface area contributed by atoms with Gasteiger partial charge in [0.25, 0.3) is 0 Å². The van der Waals surface area contributed by atoms with Crippen LogP contribution in [0, 0.1) is 12.8 Å². The molecule has 1 fully saturated rings. The summed E-state index contributed by atoms with van der Waals surface area (Å²) in [6, 6.07) is 0. The standard InChI is InChI=1S/C13H24N4/c1-4-5-11-6-7-17(9-11)13-12(8-14)10(2)15-16(13)3/h11H,4-9,14H2,1-3H3. The van der Waals surface area contributed by atoms with E-state index in [1.165, 1.54) is 37.2 Å². The predicted octanol–water partition coefficient (Wildman–Crippen LogP) is 1.81. The summed E-state index contributed by atoms with van der Waals surface area (Å²) in [6.07, 6.45) is 3.93. The fourth-order valence-electron chi connectivity index (χ4n) is 2.99. The smallest absolute Gasteiger partial charge is 0.131 e. The summed E-state index contributed by atoms with van der Waals surface area (Å²) in [7, 11) is 2.02. The van der Waals surface area contributed by atoms with Gasteiger partial charge in [-0.1, -0.05) is 13.3 Å². The van der Waals surface area contributed by atoms with E-state index in [4.69, 9.17) is 5.73 Å². The molecule has 0 amide bonds. The van der Waals surface area contributed by atoms with Gasteiger partial charge in [-0.2, -0.15) is 5.10 Å². The molecular formula is C13H24N4. The van der Waals surface area contributed by atoms with Crippen molar-refractivity contribution in [1.82, 2.24) is 9.78 Å². The van der Waals surface area contributed by atoms with E-state index >= 15 is 0 Å². The third-order valence-corrected chi connectivity index (χ3v) is 3.80. The lowest BCUT2D eigenvalue weighted by Gasteiger charge is -2.20. The number of hydrogen-bond acceptors (Lipinski definition) is 3. The average Bonchev–Trinajstić information content (AvgIpc) is 2.83. The van der Waals surface area contributed by atoms with Crippen LogP contribution in [0.3, 0.4) is 0 Å². The highest BCUT2D eigenvalue weighted by Crippen LogP contribution is 2.29. The van der Waals surface area contributed by atoms with E-state index < -0.39 is 0 Å². The lowest BCUT2D eigenvalue weighted by atomic mass is 10.0. The van der Waals surface area contributed by atoms with Crippen LogP contribution in [-0.4, -0.2) is 22.9 Å². The van der Waals surface area contributed by atoms with E-state index in [1.54, 1.807) is 0 Å². The second-order valence-electron chi connectivity index (χ2n) is 5.10. The summed E-state index contributed by atoms with van der Waals surface area (Å²) < 4.78 is 1.99. The normalized spacial score (nSPS) is 20.2. The Morgan fingerprint density at radius 1 is 1.47 bits per heavy atom. The quantitative estimate of drug-likeness (QED) is 0.867. The van der Waals surface area contributed by atoms with E-state index in [0.717, 1.165) is 18.2 Å². The summed E-state index contributed by atoms with van der Waals surface area (Å²) in [5, 5.41) is 4.49. The fraction of sp³-hybridized carbons (Fsp3) is 0.769. The topological polar surface area (TPSA) is 47.1 Å². The van der Waals surface area contributed by atoms with Crippen LogP contribution in [-0.2, 0) is 13.6 Å². The number of anilines is 1. The van der Waals surface area contributed by atoms with Gasteiger partial charge in [0.15, 0.2) is 0 Å². The number of nitrogens with zero attached hydrogens (tertiary/aromatic N) is 3. The van der Waals surface area contributed by atoms with Gasteiger partial charge in [-0.15, -0.1) is 0 Å². The highest BCUT2D eigenvalue weighted by Gasteiger charge is 2.26. The molecule has 2 heterocycles. The molecule has 2 N–H and O–H groups in total. The molecule has 4 heteroatoms. The first-order valence-electron chi connectivity index (χ1n) is 6.64. The molecule has 0 spiro atoms. The summed E-state index contributed by atoms with van der Waals surface area (Å²) in [6.45, 7) is 7.22. The van der Waals surface area contributed by atoms with Crippen LogP contribution in [0.25, 0.3) is 0 Å². The first-order chi connectivity index (χ1) is 8.17. The van der Waals surface area contributed by atoms with E-state index in [1.807, 2.05) is 18.7 Å². The van der Waals surface area contributed by atoms with Crippen molar-refractivity contribution in [3.05, 3.63) is 11.3 Å². The van der Waals surface area contributed by atoms with Crippen LogP contribution in [0.2, 0.25) is 0 Å². The zero-order valence-corrected chi connectivity index (χ0v) is 11.2. The van der Waals surface area contributed by atoms with E-state index in [-0.39, 0.29) is 0 Å². The van der Waals surface area contributed by atoms with Gasteiger partial charge >= 0.3 is 0 Å². The Morgan fingerprint density at radius 2 is 2.24 bits per heavy atom. The van der Waals surface area contributed by atoms with Crippen molar-refractivity contribution in [2.45, 2.75) is 39.7 Å². The van der Waals surface area contributed by atoms with E-state index in [9.17, 15) is 0 Å². The molecule has 0 bridgehead atoms. The van der Waals surface area contributed by atoms with Gasteiger partial charge < -0.3 is 10.6 Å². The van der Waals surface area contributed by atoms with Crippen LogP contribution in [0.1, 0.15) is 37.4 Å². The monoisotopic (exact) mass is 236 g/mol. The molecule has 1 atom stereocenters. The van der Waals surface area contributed by atoms with Crippen LogP contribution in [0.15, 0.2) is 0 Å². The molecule has 0 aliphatic carbocycles. The van der Waals surface area contributed by atoms with Gasteiger partial charge in [0.2, 0.25) is 0 Å². The summed E-state index contributed by atoms with van der Waals surface area (Å²) in [5.41, 5.74) is 8.13. The Morgan fingerprint density at radius 3 is 2.88 bits per heavy atom. The molecule has 4 nitrogen and oxygen atoms in total. The van der Waals surface area contributed by atoms with Crippen LogP contribution < -0.4 is 10.6 Å². The summed E-state index contributed by atoms with van der Waals surface area (Å²) in [5.74, 6) is 2.09. The van der Waals surface area contributed by atoms with Gasteiger partial charge in [0.1, 0.15) is 5.82 Å². The minimum Gasteiger partial charge on any atom is -0.356 e. The van der Waals surface area contributed by atoms with Crippen molar-refractivity contribution >= 4 is 5.82 Å². The van der Waals surface area contributed by atoms with Crippen molar-refractivity contribution in [1.29, 1.82) is 0 Å². The number of rotatable bonds is 4. The van der Waals surface area contributed by atoms with Crippen molar-refractivity contribution < 1.29 is 0 Å². The molecule has 1 aromatic rings. The van der Waals surface area contributed by atoms with Crippen molar-refractivity contribution in [3.63, 3.8) is 0 Å². The molecule has 1 aliphatic heterocycles. The van der Waals surface area contributed by atoms with Crippen molar-refractivity contribution in [2.24, 2.45) is 18.7 Å². The first kappa shape index (κ1) is 12.4. The minimum absolute atomic E-state index is 0.587. The second-order valence-corrected chi connectivity index (χ2v) is 5.10. The van der Waals surface area contributed by atoms with Gasteiger partial charge in [-0.05, 0) is 25.7 Å². The molecule has 1 aromatic heterocycles. The van der Waals surface area contributed by atoms with Crippen LogP contribution in [0.5, 0.6) is 0 Å². The van der Waals surface area contributed by atoms with Gasteiger partial charge in [-0.25, -0.2) is 0 Å². The maximum atomic E-state index is 5.85. The van der Waals surface area contributed by atoms with Gasteiger partial charge in [0.05, 0.1) is 5.69 Å². The van der Waals surface area contributed by atoms with E-state index in [0.29, 0.717) is 6.54 Å². The van der Waals surface area contributed by atoms with Gasteiger partial charge in [0, 0.05) is 32.2 Å². The Bertz CT molecular complexity index is 383. The Balaban J connectivity index is 2.18. The molecule has 1 aliphatic rings. The SMILES string of the molecule is CCCC1CCN(c2c(CN)c(C)nn2C)C1. The lowest BCUT2D eigenvalue weighted by molar-refractivity contribution is 0.528. The minimum atomic E-state index is 0.587. The molecule has 0 aromatic carbocycles. The Hall–Kier alpha value is -1.03. The molecule has 0 radical (unpaired) electrons. The number of nitrogens with two attached hydrogens (primary N) is 1. The second kappa shape index (κ2) is 5.08. The Labute approximate surface area is 104 Å². The maximum Gasteiger partial charge on any atom is 0.131 e. The van der Waals surface area contributed by atoms with Crippen molar-refractivity contribution in [2.75, 3.05) is 18.0 Å². The molecule has 0 saturated carbocycles. The molecule has 2 rings (SSSR count). The molecule has 1 unspecified atom stereocenters. The first-order valence-corrected chi connectivity index (χ1v) is 6.64. The molecule has 17 heavy (non-hydrogen) atoms. The van der Waals surface area contributed by atoms with Crippen molar-refractivity contribution in [3.8, 4) is 0 Å². The Kier molecular flexibility index (Phi) is 3.72. The molecule has 96 valence electrons. The van der Waals surface area contributed by atoms with Gasteiger partial charge in [-0.3, -0.25) is 4.68 Å². The average molecular weight is 236 g/mol. The zero-order valence-electron chi connectivity index (χ0n) is 11.2. The van der Waals surface area contributed by atoms with Crippen LogP contribution >= 0.6 is 0 Å². The number of hydrogen-bond donors (Lipinski definition) is 1. The lowest BCUT2D eigenvalue weighted by Crippen LogP contribution is -2.24. The summed E-state index contributed by atoms with van der Waals surface area (Å²) in [4.78, 5) is 2.46. The summed E-state index contributed by atoms with van der Waals surface area (Å²) >= 11 is 0. The number of aryl methyl sites for hydroxylation is 2. The highest BCUT2D eigenvalue weighted by molar-refractivity contribution is 5.50. The fourth-order valence-corrected chi connectivity index (χ4v) is 2.99. The largest absolute Gasteiger partial charge is 0.356 e. The predicted molar refractivity (Wildman–Crippen MR) is 71.1 cm³/mol.